The van der Waals surface area contributed by atoms with Gasteiger partial charge in [0, 0.05) is 23.2 Å². The number of hydrogen-bond acceptors (Lipinski definition) is 2. The molecule has 0 radical (unpaired) electrons. The summed E-state index contributed by atoms with van der Waals surface area (Å²) in [5.41, 5.74) is 13.0. The second-order valence-electron chi connectivity index (χ2n) is 6.15. The quantitative estimate of drug-likeness (QED) is 0.758. The average molecular weight is 245 g/mol. The van der Waals surface area contributed by atoms with Crippen molar-refractivity contribution in [3.8, 4) is 5.75 Å². The predicted octanol–water partition coefficient (Wildman–Crippen LogP) is 4.02. The van der Waals surface area contributed by atoms with Crippen LogP contribution in [0.1, 0.15) is 49.9 Å². The minimum atomic E-state index is -0.127. The summed E-state index contributed by atoms with van der Waals surface area (Å²) in [5, 5.41) is 0. The van der Waals surface area contributed by atoms with Gasteiger partial charge in [-0.15, -0.1) is 0 Å². The van der Waals surface area contributed by atoms with E-state index in [0.29, 0.717) is 0 Å². The highest BCUT2D eigenvalue weighted by Gasteiger charge is 2.34. The second kappa shape index (κ2) is 4.04. The number of anilines is 1. The lowest BCUT2D eigenvalue weighted by Crippen LogP contribution is -2.24. The third-order valence-electron chi connectivity index (χ3n) is 3.60. The minimum absolute atomic E-state index is 0.127. The third kappa shape index (κ3) is 2.00. The van der Waals surface area contributed by atoms with Crippen molar-refractivity contribution in [1.29, 1.82) is 0 Å². The standard InChI is InChI=1S/C16H23NO/c1-9(2)7-12-10(3)14(17)11(4)13-8-16(5,6)18-15(12)13/h7H,8,17H2,1-6H3. The normalized spacial score (nSPS) is 16.1. The van der Waals surface area contributed by atoms with Crippen molar-refractivity contribution in [3.63, 3.8) is 0 Å². The fourth-order valence-corrected chi connectivity index (χ4v) is 2.62. The molecule has 2 rings (SSSR count). The molecule has 2 nitrogen and oxygen atoms in total. The summed E-state index contributed by atoms with van der Waals surface area (Å²) < 4.78 is 6.14. The molecule has 0 saturated carbocycles. The van der Waals surface area contributed by atoms with Gasteiger partial charge >= 0.3 is 0 Å². The van der Waals surface area contributed by atoms with Crippen LogP contribution in [0, 0.1) is 13.8 Å². The van der Waals surface area contributed by atoms with Gasteiger partial charge in [-0.05, 0) is 52.7 Å². The number of allylic oxidation sites excluding steroid dienone is 1. The molecule has 0 aliphatic carbocycles. The molecule has 1 aliphatic heterocycles. The maximum Gasteiger partial charge on any atom is 0.131 e. The van der Waals surface area contributed by atoms with Gasteiger partial charge in [-0.25, -0.2) is 0 Å². The highest BCUT2D eigenvalue weighted by atomic mass is 16.5. The van der Waals surface area contributed by atoms with Crippen molar-refractivity contribution in [1.82, 2.24) is 0 Å². The first-order chi connectivity index (χ1) is 8.23. The van der Waals surface area contributed by atoms with Crippen LogP contribution in [-0.4, -0.2) is 5.60 Å². The largest absolute Gasteiger partial charge is 0.487 e. The summed E-state index contributed by atoms with van der Waals surface area (Å²) in [6, 6.07) is 0. The molecule has 0 unspecified atom stereocenters. The highest BCUT2D eigenvalue weighted by molar-refractivity contribution is 5.75. The molecule has 1 aliphatic rings. The Morgan fingerprint density at radius 3 is 2.39 bits per heavy atom. The molecule has 0 atom stereocenters. The highest BCUT2D eigenvalue weighted by Crippen LogP contribution is 2.44. The summed E-state index contributed by atoms with van der Waals surface area (Å²) in [6.45, 7) is 12.6. The zero-order valence-electron chi connectivity index (χ0n) is 12.3. The number of nitrogen functional groups attached to an aromatic ring is 1. The zero-order valence-corrected chi connectivity index (χ0v) is 12.3. The second-order valence-corrected chi connectivity index (χ2v) is 6.15. The molecule has 1 aromatic carbocycles. The molecule has 2 N–H and O–H groups in total. The lowest BCUT2D eigenvalue weighted by atomic mass is 9.91. The molecule has 0 spiro atoms. The van der Waals surface area contributed by atoms with Crippen molar-refractivity contribution in [2.75, 3.05) is 5.73 Å². The van der Waals surface area contributed by atoms with Gasteiger partial charge in [0.1, 0.15) is 11.4 Å². The van der Waals surface area contributed by atoms with E-state index in [1.54, 1.807) is 0 Å². The van der Waals surface area contributed by atoms with Crippen LogP contribution < -0.4 is 10.5 Å². The molecule has 1 heterocycles. The van der Waals surface area contributed by atoms with E-state index in [1.807, 2.05) is 0 Å². The maximum atomic E-state index is 6.24. The molecule has 2 heteroatoms. The molecular weight excluding hydrogens is 222 g/mol. The van der Waals surface area contributed by atoms with Gasteiger partial charge < -0.3 is 10.5 Å². The lowest BCUT2D eigenvalue weighted by molar-refractivity contribution is 0.138. The van der Waals surface area contributed by atoms with Crippen LogP contribution in [0.25, 0.3) is 6.08 Å². The van der Waals surface area contributed by atoms with E-state index < -0.39 is 0 Å². The van der Waals surface area contributed by atoms with Gasteiger partial charge in [0.25, 0.3) is 0 Å². The van der Waals surface area contributed by atoms with Crippen LogP contribution in [0.2, 0.25) is 0 Å². The molecule has 0 saturated heterocycles. The van der Waals surface area contributed by atoms with E-state index in [-0.39, 0.29) is 5.60 Å². The predicted molar refractivity (Wildman–Crippen MR) is 78.1 cm³/mol. The Hall–Kier alpha value is -1.44. The van der Waals surface area contributed by atoms with Gasteiger partial charge in [0.2, 0.25) is 0 Å². The molecule has 0 amide bonds. The maximum absolute atomic E-state index is 6.24. The van der Waals surface area contributed by atoms with Crippen LogP contribution >= 0.6 is 0 Å². The summed E-state index contributed by atoms with van der Waals surface area (Å²) in [5.74, 6) is 1.03. The summed E-state index contributed by atoms with van der Waals surface area (Å²) >= 11 is 0. The van der Waals surface area contributed by atoms with Gasteiger partial charge in [-0.1, -0.05) is 11.6 Å². The number of rotatable bonds is 1. The summed E-state index contributed by atoms with van der Waals surface area (Å²) in [7, 11) is 0. The Kier molecular flexibility index (Phi) is 2.92. The number of benzene rings is 1. The molecule has 0 fully saturated rings. The van der Waals surface area contributed by atoms with Crippen LogP contribution in [0.5, 0.6) is 5.75 Å². The van der Waals surface area contributed by atoms with E-state index in [2.05, 4.69) is 47.6 Å². The Morgan fingerprint density at radius 1 is 1.22 bits per heavy atom. The Balaban J connectivity index is 2.74. The van der Waals surface area contributed by atoms with Crippen molar-refractivity contribution < 1.29 is 4.74 Å². The first-order valence-electron chi connectivity index (χ1n) is 6.48. The zero-order chi connectivity index (χ0) is 13.7. The van der Waals surface area contributed by atoms with Crippen molar-refractivity contribution in [3.05, 3.63) is 27.8 Å². The van der Waals surface area contributed by atoms with Crippen molar-refractivity contribution in [2.45, 2.75) is 53.6 Å². The summed E-state index contributed by atoms with van der Waals surface area (Å²) in [4.78, 5) is 0. The number of nitrogens with two attached hydrogens (primary N) is 1. The summed E-state index contributed by atoms with van der Waals surface area (Å²) in [6.07, 6.45) is 3.10. The first kappa shape index (κ1) is 13.0. The van der Waals surface area contributed by atoms with Gasteiger partial charge in [0.15, 0.2) is 0 Å². The average Bonchev–Trinajstić information content (AvgIpc) is 2.57. The Bertz CT molecular complexity index is 535. The smallest absolute Gasteiger partial charge is 0.131 e. The third-order valence-corrected chi connectivity index (χ3v) is 3.60. The first-order valence-corrected chi connectivity index (χ1v) is 6.48. The van der Waals surface area contributed by atoms with Gasteiger partial charge in [-0.2, -0.15) is 0 Å². The van der Waals surface area contributed by atoms with Gasteiger partial charge in [0.05, 0.1) is 0 Å². The fourth-order valence-electron chi connectivity index (χ4n) is 2.62. The number of hydrogen-bond donors (Lipinski definition) is 1. The van der Waals surface area contributed by atoms with E-state index in [1.165, 1.54) is 16.7 Å². The topological polar surface area (TPSA) is 35.2 Å². The van der Waals surface area contributed by atoms with Crippen LogP contribution in [-0.2, 0) is 6.42 Å². The van der Waals surface area contributed by atoms with Crippen molar-refractivity contribution >= 4 is 11.8 Å². The van der Waals surface area contributed by atoms with E-state index in [4.69, 9.17) is 10.5 Å². The fraction of sp³-hybridized carbons (Fsp3) is 0.500. The molecule has 0 aromatic heterocycles. The monoisotopic (exact) mass is 245 g/mol. The van der Waals surface area contributed by atoms with E-state index >= 15 is 0 Å². The lowest BCUT2D eigenvalue weighted by Gasteiger charge is -2.18. The molecule has 0 bridgehead atoms. The van der Waals surface area contributed by atoms with Crippen LogP contribution in [0.15, 0.2) is 5.57 Å². The molecule has 98 valence electrons. The molecule has 18 heavy (non-hydrogen) atoms. The number of fused-ring (bicyclic) bond motifs is 1. The van der Waals surface area contributed by atoms with Crippen molar-refractivity contribution in [2.24, 2.45) is 0 Å². The molecule has 1 aromatic rings. The van der Waals surface area contributed by atoms with E-state index in [9.17, 15) is 0 Å². The molecular formula is C16H23NO. The van der Waals surface area contributed by atoms with Gasteiger partial charge in [-0.3, -0.25) is 0 Å². The Morgan fingerprint density at radius 2 is 1.83 bits per heavy atom. The Labute approximate surface area is 110 Å². The van der Waals surface area contributed by atoms with E-state index in [0.717, 1.165) is 29.0 Å². The van der Waals surface area contributed by atoms with Crippen LogP contribution in [0.3, 0.4) is 0 Å². The number of ether oxygens (including phenoxy) is 1. The van der Waals surface area contributed by atoms with Crippen LogP contribution in [0.4, 0.5) is 5.69 Å². The SMILES string of the molecule is CC(C)=Cc1c(C)c(N)c(C)c2c1OC(C)(C)C2. The minimum Gasteiger partial charge on any atom is -0.487 e.